The van der Waals surface area contributed by atoms with Crippen LogP contribution < -0.4 is 15.4 Å². The van der Waals surface area contributed by atoms with Crippen molar-refractivity contribution in [1.82, 2.24) is 29.5 Å². The van der Waals surface area contributed by atoms with Crippen LogP contribution in [0.25, 0.3) is 16.6 Å². The minimum absolute atomic E-state index is 0.0673. The molecule has 2 saturated heterocycles. The van der Waals surface area contributed by atoms with Crippen molar-refractivity contribution in [3.05, 3.63) is 57.4 Å². The lowest BCUT2D eigenvalue weighted by molar-refractivity contribution is -0.138. The van der Waals surface area contributed by atoms with Gasteiger partial charge in [0.15, 0.2) is 0 Å². The van der Waals surface area contributed by atoms with Gasteiger partial charge in [0.05, 0.1) is 41.4 Å². The average Bonchev–Trinajstić information content (AvgIpc) is 2.97. The third-order valence-electron chi connectivity index (χ3n) is 8.16. The summed E-state index contributed by atoms with van der Waals surface area (Å²) in [5.74, 6) is 0.352. The molecule has 1 amide bonds. The van der Waals surface area contributed by atoms with Gasteiger partial charge in [0, 0.05) is 43.2 Å². The summed E-state index contributed by atoms with van der Waals surface area (Å²) in [6.45, 7) is 11.6. The van der Waals surface area contributed by atoms with Gasteiger partial charge in [0.1, 0.15) is 11.3 Å². The van der Waals surface area contributed by atoms with Crippen LogP contribution in [-0.4, -0.2) is 93.4 Å². The van der Waals surface area contributed by atoms with Gasteiger partial charge < -0.3 is 14.7 Å². The molecule has 0 radical (unpaired) electrons. The molecule has 1 aromatic carbocycles. The van der Waals surface area contributed by atoms with Gasteiger partial charge in [0.2, 0.25) is 11.9 Å². The van der Waals surface area contributed by atoms with Gasteiger partial charge in [-0.25, -0.2) is 4.98 Å². The van der Waals surface area contributed by atoms with Crippen LogP contribution in [0.1, 0.15) is 25.8 Å². The van der Waals surface area contributed by atoms with Gasteiger partial charge in [-0.2, -0.15) is 33.2 Å². The summed E-state index contributed by atoms with van der Waals surface area (Å²) in [7, 11) is 0. The maximum Gasteiger partial charge on any atom is 0.419 e. The summed E-state index contributed by atoms with van der Waals surface area (Å²) >= 11 is 2.97. The molecule has 2 aliphatic heterocycles. The standard InChI is InChI=1S/C29H31BrF3N9O2/c1-4-23(43)41-13-12-39(15-18(41)10-11-34)26-20-14-35-42(22-9-7-8-21(30)24(22)29(31,32)33)27(44)25(20)36-28(37-26)40-16-19(17-40)38(5-2)6-3/h4,7-9,14,18-19H,1,5-6,10,12-13,15-17H2,2-3H3/t18-/m0/s1. The zero-order valence-electron chi connectivity index (χ0n) is 24.3. The molecule has 44 heavy (non-hydrogen) atoms. The van der Waals surface area contributed by atoms with Gasteiger partial charge in [-0.05, 0) is 31.3 Å². The number of hydrogen-bond donors (Lipinski definition) is 0. The Balaban J connectivity index is 1.64. The highest BCUT2D eigenvalue weighted by molar-refractivity contribution is 9.10. The SMILES string of the molecule is C=CC(=O)N1CCN(c2nc(N3CC(N(CC)CC)C3)nc3c(=O)n(-c4cccc(Br)c4C(F)(F)F)ncc23)C[C@@H]1CC#N. The van der Waals surface area contributed by atoms with E-state index in [1.807, 2.05) is 9.80 Å². The molecule has 1 atom stereocenters. The van der Waals surface area contributed by atoms with Crippen molar-refractivity contribution >= 4 is 44.5 Å². The number of nitrogens with zero attached hydrogens (tertiary/aromatic N) is 9. The number of likely N-dealkylation sites (N-methyl/N-ethyl adjacent to an activating group) is 1. The van der Waals surface area contributed by atoms with Crippen molar-refractivity contribution in [2.24, 2.45) is 0 Å². The van der Waals surface area contributed by atoms with Crippen molar-refractivity contribution in [2.75, 3.05) is 55.6 Å². The molecule has 0 aliphatic carbocycles. The largest absolute Gasteiger partial charge is 0.419 e. The molecule has 232 valence electrons. The Kier molecular flexibility index (Phi) is 8.94. The van der Waals surface area contributed by atoms with Crippen LogP contribution in [0.2, 0.25) is 0 Å². The van der Waals surface area contributed by atoms with E-state index in [2.05, 4.69) is 57.4 Å². The molecule has 0 unspecified atom stereocenters. The molecule has 3 aromatic rings. The quantitative estimate of drug-likeness (QED) is 0.331. The maximum atomic E-state index is 14.1. The Morgan fingerprint density at radius 3 is 2.55 bits per heavy atom. The lowest BCUT2D eigenvalue weighted by Gasteiger charge is -2.45. The molecule has 2 aromatic heterocycles. The summed E-state index contributed by atoms with van der Waals surface area (Å²) in [5, 5.41) is 13.9. The molecule has 0 bridgehead atoms. The summed E-state index contributed by atoms with van der Waals surface area (Å²) in [5.41, 5.74) is -2.38. The van der Waals surface area contributed by atoms with E-state index < -0.39 is 29.0 Å². The fourth-order valence-corrected chi connectivity index (χ4v) is 6.43. The first-order chi connectivity index (χ1) is 21.0. The molecule has 11 nitrogen and oxygen atoms in total. The van der Waals surface area contributed by atoms with Crippen molar-refractivity contribution in [1.29, 1.82) is 5.26 Å². The number of alkyl halides is 3. The Labute approximate surface area is 260 Å². The van der Waals surface area contributed by atoms with Crippen LogP contribution in [0.3, 0.4) is 0 Å². The van der Waals surface area contributed by atoms with Crippen LogP contribution in [0.15, 0.2) is 46.3 Å². The average molecular weight is 675 g/mol. The van der Waals surface area contributed by atoms with Gasteiger partial charge in [-0.3, -0.25) is 14.5 Å². The topological polar surface area (TPSA) is 114 Å². The molecular formula is C29H31BrF3N9O2. The number of carbonyl (C=O) groups excluding carboxylic acids is 1. The van der Waals surface area contributed by atoms with Gasteiger partial charge in [-0.1, -0.05) is 42.4 Å². The zero-order valence-corrected chi connectivity index (χ0v) is 25.8. The molecule has 0 N–H and O–H groups in total. The third-order valence-corrected chi connectivity index (χ3v) is 8.82. The number of piperazine rings is 1. The lowest BCUT2D eigenvalue weighted by Crippen LogP contribution is -2.60. The number of rotatable bonds is 8. The van der Waals surface area contributed by atoms with E-state index in [0.717, 1.165) is 13.1 Å². The van der Waals surface area contributed by atoms with Crippen LogP contribution in [0.4, 0.5) is 24.9 Å². The summed E-state index contributed by atoms with van der Waals surface area (Å²) in [6.07, 6.45) is -2.19. The fraction of sp³-hybridized carbons (Fsp3) is 0.448. The normalized spacial score (nSPS) is 17.6. The highest BCUT2D eigenvalue weighted by Gasteiger charge is 2.38. The molecular weight excluding hydrogens is 643 g/mol. The first-order valence-corrected chi connectivity index (χ1v) is 15.0. The smallest absolute Gasteiger partial charge is 0.352 e. The van der Waals surface area contributed by atoms with E-state index in [4.69, 9.17) is 4.98 Å². The predicted molar refractivity (Wildman–Crippen MR) is 163 cm³/mol. The highest BCUT2D eigenvalue weighted by Crippen LogP contribution is 2.39. The minimum atomic E-state index is -4.76. The van der Waals surface area contributed by atoms with Gasteiger partial charge in [0.25, 0.3) is 5.56 Å². The Hall–Kier alpha value is -4.03. The fourth-order valence-electron chi connectivity index (χ4n) is 5.84. The van der Waals surface area contributed by atoms with E-state index in [9.17, 15) is 28.0 Å². The van der Waals surface area contributed by atoms with Crippen LogP contribution in [0.5, 0.6) is 0 Å². The van der Waals surface area contributed by atoms with E-state index in [-0.39, 0.29) is 52.8 Å². The molecule has 4 heterocycles. The maximum absolute atomic E-state index is 14.1. The van der Waals surface area contributed by atoms with Crippen LogP contribution >= 0.6 is 15.9 Å². The monoisotopic (exact) mass is 673 g/mol. The molecule has 15 heteroatoms. The number of nitriles is 1. The van der Waals surface area contributed by atoms with Crippen molar-refractivity contribution in [2.45, 2.75) is 38.5 Å². The van der Waals surface area contributed by atoms with E-state index in [1.54, 1.807) is 4.90 Å². The first-order valence-electron chi connectivity index (χ1n) is 14.2. The molecule has 2 aliphatic rings. The first kappa shape index (κ1) is 31.4. The number of amides is 1. The van der Waals surface area contributed by atoms with Gasteiger partial charge >= 0.3 is 6.18 Å². The zero-order chi connectivity index (χ0) is 31.8. The number of aromatic nitrogens is 4. The predicted octanol–water partition coefficient (Wildman–Crippen LogP) is 3.60. The van der Waals surface area contributed by atoms with Crippen molar-refractivity contribution < 1.29 is 18.0 Å². The Bertz CT molecular complexity index is 1680. The third kappa shape index (κ3) is 5.75. The number of fused-ring (bicyclic) bond motifs is 1. The van der Waals surface area contributed by atoms with Crippen LogP contribution in [0, 0.1) is 11.3 Å². The van der Waals surface area contributed by atoms with Gasteiger partial charge in [-0.15, -0.1) is 0 Å². The number of hydrogen-bond acceptors (Lipinski definition) is 9. The highest BCUT2D eigenvalue weighted by atomic mass is 79.9. The van der Waals surface area contributed by atoms with Crippen molar-refractivity contribution in [3.8, 4) is 11.8 Å². The van der Waals surface area contributed by atoms with E-state index in [1.165, 1.54) is 30.5 Å². The number of halogens is 4. The Morgan fingerprint density at radius 1 is 1.18 bits per heavy atom. The molecule has 5 rings (SSSR count). The second-order valence-corrected chi connectivity index (χ2v) is 11.4. The summed E-state index contributed by atoms with van der Waals surface area (Å²) in [4.78, 5) is 43.5. The van der Waals surface area contributed by atoms with Crippen LogP contribution in [-0.2, 0) is 11.0 Å². The second kappa shape index (κ2) is 12.5. The molecule has 0 saturated carbocycles. The molecule has 2 fully saturated rings. The Morgan fingerprint density at radius 2 is 1.91 bits per heavy atom. The number of anilines is 2. The summed E-state index contributed by atoms with van der Waals surface area (Å²) in [6, 6.07) is 5.76. The van der Waals surface area contributed by atoms with E-state index in [0.29, 0.717) is 30.1 Å². The van der Waals surface area contributed by atoms with E-state index >= 15 is 0 Å². The lowest BCUT2D eigenvalue weighted by atomic mass is 10.1. The minimum Gasteiger partial charge on any atom is -0.352 e. The van der Waals surface area contributed by atoms with Crippen molar-refractivity contribution in [3.63, 3.8) is 0 Å². The second-order valence-electron chi connectivity index (χ2n) is 10.6. The summed E-state index contributed by atoms with van der Waals surface area (Å²) < 4.78 is 42.7. The number of benzene rings is 1. The number of carbonyl (C=O) groups is 1. The molecule has 0 spiro atoms.